The van der Waals surface area contributed by atoms with Crippen LogP contribution in [0.4, 0.5) is 4.79 Å². The number of H-pyrrole nitrogens is 1. The average molecular weight is 347 g/mol. The number of carbonyl (C=O) groups excluding carboxylic acids is 1. The van der Waals surface area contributed by atoms with Gasteiger partial charge in [0.25, 0.3) is 5.56 Å². The largest absolute Gasteiger partial charge is 0.338 e. The Hall–Kier alpha value is -1.89. The van der Waals surface area contributed by atoms with E-state index in [-0.39, 0.29) is 17.5 Å². The number of urea groups is 1. The normalized spacial score (nSPS) is 21.4. The molecule has 0 aliphatic carbocycles. The lowest BCUT2D eigenvalue weighted by Gasteiger charge is -2.32. The third-order valence-corrected chi connectivity index (χ3v) is 5.20. The van der Waals surface area contributed by atoms with E-state index < -0.39 is 0 Å². The molecular formula is C18H29N5O2. The fourth-order valence-corrected chi connectivity index (χ4v) is 3.78. The highest BCUT2D eigenvalue weighted by molar-refractivity contribution is 5.74. The van der Waals surface area contributed by atoms with Gasteiger partial charge in [-0.25, -0.2) is 9.78 Å². The molecule has 0 saturated carbocycles. The first kappa shape index (κ1) is 17.9. The Kier molecular flexibility index (Phi) is 6.44. The first-order chi connectivity index (χ1) is 12.2. The number of hydrogen-bond donors (Lipinski definition) is 2. The molecule has 0 radical (unpaired) electrons. The molecule has 2 aliphatic rings. The van der Waals surface area contributed by atoms with Gasteiger partial charge in [-0.15, -0.1) is 0 Å². The summed E-state index contributed by atoms with van der Waals surface area (Å²) < 4.78 is 0. The number of aromatic amines is 1. The van der Waals surface area contributed by atoms with Crippen LogP contribution in [-0.2, 0) is 0 Å². The zero-order chi connectivity index (χ0) is 17.5. The van der Waals surface area contributed by atoms with Crippen molar-refractivity contribution in [2.45, 2.75) is 44.4 Å². The van der Waals surface area contributed by atoms with E-state index in [1.54, 1.807) is 6.07 Å². The van der Waals surface area contributed by atoms with Crippen molar-refractivity contribution in [3.05, 3.63) is 28.4 Å². The average Bonchev–Trinajstić information content (AvgIpc) is 3.15. The smallest absolute Gasteiger partial charge is 0.317 e. The Morgan fingerprint density at radius 2 is 2.08 bits per heavy atom. The first-order valence-corrected chi connectivity index (χ1v) is 9.52. The summed E-state index contributed by atoms with van der Waals surface area (Å²) in [7, 11) is 0. The van der Waals surface area contributed by atoms with Crippen molar-refractivity contribution in [3.63, 3.8) is 0 Å². The number of aromatic nitrogens is 2. The number of amides is 2. The summed E-state index contributed by atoms with van der Waals surface area (Å²) in [6.07, 6.45) is 8.17. The maximum Gasteiger partial charge on any atom is 0.317 e. The van der Waals surface area contributed by atoms with Gasteiger partial charge >= 0.3 is 6.03 Å². The van der Waals surface area contributed by atoms with E-state index in [0.29, 0.717) is 6.54 Å². The van der Waals surface area contributed by atoms with Crippen LogP contribution in [0.1, 0.15) is 50.1 Å². The van der Waals surface area contributed by atoms with Gasteiger partial charge in [0.15, 0.2) is 0 Å². The molecule has 2 fully saturated rings. The van der Waals surface area contributed by atoms with Gasteiger partial charge in [0, 0.05) is 31.6 Å². The van der Waals surface area contributed by atoms with Crippen LogP contribution in [0.5, 0.6) is 0 Å². The number of carbonyl (C=O) groups is 1. The van der Waals surface area contributed by atoms with Crippen LogP contribution < -0.4 is 10.9 Å². The lowest BCUT2D eigenvalue weighted by Crippen LogP contribution is -2.45. The Morgan fingerprint density at radius 3 is 2.88 bits per heavy atom. The molecule has 138 valence electrons. The van der Waals surface area contributed by atoms with Gasteiger partial charge < -0.3 is 20.1 Å². The number of rotatable bonds is 6. The molecule has 1 unspecified atom stereocenters. The van der Waals surface area contributed by atoms with Gasteiger partial charge in [0.05, 0.1) is 12.0 Å². The molecule has 3 rings (SSSR count). The molecule has 1 aromatic rings. The highest BCUT2D eigenvalue weighted by atomic mass is 16.2. The third kappa shape index (κ3) is 5.29. The van der Waals surface area contributed by atoms with Gasteiger partial charge in [-0.2, -0.15) is 0 Å². The van der Waals surface area contributed by atoms with Crippen molar-refractivity contribution in [2.24, 2.45) is 0 Å². The number of hydrogen-bond acceptors (Lipinski definition) is 4. The minimum absolute atomic E-state index is 0.00992. The van der Waals surface area contributed by atoms with Gasteiger partial charge in [0.2, 0.25) is 0 Å². The fourth-order valence-electron chi connectivity index (χ4n) is 3.78. The van der Waals surface area contributed by atoms with E-state index in [1.807, 2.05) is 4.90 Å². The van der Waals surface area contributed by atoms with E-state index in [0.717, 1.165) is 51.0 Å². The van der Waals surface area contributed by atoms with E-state index >= 15 is 0 Å². The second-order valence-electron chi connectivity index (χ2n) is 7.11. The van der Waals surface area contributed by atoms with E-state index in [2.05, 4.69) is 20.2 Å². The van der Waals surface area contributed by atoms with Crippen LogP contribution in [0.15, 0.2) is 17.2 Å². The Morgan fingerprint density at radius 1 is 1.24 bits per heavy atom. The SMILES string of the molecule is O=C(NCCCCN1CCCC1)N1CCCC(c2cc(=O)[nH]cn2)C1. The summed E-state index contributed by atoms with van der Waals surface area (Å²) >= 11 is 0. The third-order valence-electron chi connectivity index (χ3n) is 5.20. The predicted molar refractivity (Wildman–Crippen MR) is 96.7 cm³/mol. The number of nitrogens with zero attached hydrogens (tertiary/aromatic N) is 3. The van der Waals surface area contributed by atoms with Crippen molar-refractivity contribution >= 4 is 6.03 Å². The molecule has 2 N–H and O–H groups in total. The summed E-state index contributed by atoms with van der Waals surface area (Å²) in [5.41, 5.74) is 0.649. The second-order valence-corrected chi connectivity index (χ2v) is 7.11. The van der Waals surface area contributed by atoms with Crippen LogP contribution in [0.3, 0.4) is 0 Å². The Balaban J connectivity index is 1.38. The topological polar surface area (TPSA) is 81.3 Å². The minimum atomic E-state index is -0.135. The molecule has 7 heteroatoms. The van der Waals surface area contributed by atoms with Crippen molar-refractivity contribution in [1.82, 2.24) is 25.1 Å². The molecular weight excluding hydrogens is 318 g/mol. The van der Waals surface area contributed by atoms with E-state index in [4.69, 9.17) is 0 Å². The molecule has 0 bridgehead atoms. The highest BCUT2D eigenvalue weighted by Crippen LogP contribution is 2.24. The number of piperidine rings is 1. The first-order valence-electron chi connectivity index (χ1n) is 9.52. The van der Waals surface area contributed by atoms with Crippen molar-refractivity contribution in [3.8, 4) is 0 Å². The van der Waals surface area contributed by atoms with E-state index in [9.17, 15) is 9.59 Å². The van der Waals surface area contributed by atoms with Gasteiger partial charge in [-0.1, -0.05) is 0 Å². The zero-order valence-corrected chi connectivity index (χ0v) is 14.9. The molecule has 0 spiro atoms. The maximum absolute atomic E-state index is 12.4. The summed E-state index contributed by atoms with van der Waals surface area (Å²) in [6.45, 7) is 5.76. The Labute approximate surface area is 148 Å². The van der Waals surface area contributed by atoms with Gasteiger partial charge in [-0.3, -0.25) is 4.79 Å². The van der Waals surface area contributed by atoms with E-state index in [1.165, 1.54) is 32.3 Å². The second kappa shape index (κ2) is 8.99. The van der Waals surface area contributed by atoms with Crippen molar-refractivity contribution in [1.29, 1.82) is 0 Å². The van der Waals surface area contributed by atoms with Gasteiger partial charge in [-0.05, 0) is 58.2 Å². The van der Waals surface area contributed by atoms with Crippen LogP contribution in [-0.4, -0.2) is 65.1 Å². The molecule has 3 heterocycles. The van der Waals surface area contributed by atoms with Crippen LogP contribution in [0.2, 0.25) is 0 Å². The quantitative estimate of drug-likeness (QED) is 0.765. The molecule has 25 heavy (non-hydrogen) atoms. The molecule has 2 aliphatic heterocycles. The summed E-state index contributed by atoms with van der Waals surface area (Å²) in [5, 5.41) is 3.04. The number of unbranched alkanes of at least 4 members (excludes halogenated alkanes) is 1. The number of nitrogens with one attached hydrogen (secondary N) is 2. The molecule has 2 amide bonds. The molecule has 1 atom stereocenters. The molecule has 1 aromatic heterocycles. The predicted octanol–water partition coefficient (Wildman–Crippen LogP) is 1.53. The van der Waals surface area contributed by atoms with Crippen LogP contribution >= 0.6 is 0 Å². The maximum atomic E-state index is 12.4. The standard InChI is InChI=1S/C18H29N5O2/c24-17-12-16(20-14-21-17)15-6-5-11-23(13-15)18(25)19-7-1-2-8-22-9-3-4-10-22/h12,14-15H,1-11,13H2,(H,19,25)(H,20,21,24). The lowest BCUT2D eigenvalue weighted by atomic mass is 9.95. The number of likely N-dealkylation sites (tertiary alicyclic amines) is 2. The Bertz CT molecular complexity index is 611. The summed E-state index contributed by atoms with van der Waals surface area (Å²) in [6, 6.07) is 1.56. The highest BCUT2D eigenvalue weighted by Gasteiger charge is 2.25. The minimum Gasteiger partial charge on any atom is -0.338 e. The molecule has 0 aromatic carbocycles. The molecule has 2 saturated heterocycles. The zero-order valence-electron chi connectivity index (χ0n) is 14.9. The van der Waals surface area contributed by atoms with Crippen LogP contribution in [0, 0.1) is 0 Å². The van der Waals surface area contributed by atoms with Crippen molar-refractivity contribution in [2.75, 3.05) is 39.3 Å². The van der Waals surface area contributed by atoms with Crippen LogP contribution in [0.25, 0.3) is 0 Å². The summed E-state index contributed by atoms with van der Waals surface area (Å²) in [5.74, 6) is 0.150. The fraction of sp³-hybridized carbons (Fsp3) is 0.722. The monoisotopic (exact) mass is 347 g/mol. The summed E-state index contributed by atoms with van der Waals surface area (Å²) in [4.78, 5) is 35.0. The lowest BCUT2D eigenvalue weighted by molar-refractivity contribution is 0.178. The van der Waals surface area contributed by atoms with Crippen molar-refractivity contribution < 1.29 is 4.79 Å². The van der Waals surface area contributed by atoms with Gasteiger partial charge in [0.1, 0.15) is 0 Å². The molecule has 7 nitrogen and oxygen atoms in total.